The molecule has 0 saturated heterocycles. The summed E-state index contributed by atoms with van der Waals surface area (Å²) in [6.45, 7) is 2.29. The van der Waals surface area contributed by atoms with Crippen LogP contribution in [0.25, 0.3) is 10.2 Å². The number of thiazole rings is 1. The summed E-state index contributed by atoms with van der Waals surface area (Å²) >= 11 is 7.69. The first-order valence-corrected chi connectivity index (χ1v) is 9.48. The molecule has 3 heterocycles. The minimum Gasteiger partial charge on any atom is -0.278 e. The lowest BCUT2D eigenvalue weighted by molar-refractivity contribution is 0.0979. The first-order valence-electron chi connectivity index (χ1n) is 8.29. The van der Waals surface area contributed by atoms with E-state index in [1.165, 1.54) is 11.3 Å². The number of carbonyl (C=O) groups excluding carboxylic acids is 1. The molecule has 0 aliphatic rings. The minimum absolute atomic E-state index is 0.206. The van der Waals surface area contributed by atoms with Crippen molar-refractivity contribution in [1.29, 1.82) is 0 Å². The molecule has 0 bridgehead atoms. The molecule has 0 N–H and O–H groups in total. The predicted molar refractivity (Wildman–Crippen MR) is 107 cm³/mol. The largest absolute Gasteiger partial charge is 0.280 e. The fourth-order valence-corrected chi connectivity index (χ4v) is 3.95. The fourth-order valence-electron chi connectivity index (χ4n) is 2.77. The Hall–Kier alpha value is -2.77. The van der Waals surface area contributed by atoms with E-state index in [0.717, 1.165) is 21.3 Å². The number of nitrogens with zero attached hydrogens (tertiary/aromatic N) is 5. The van der Waals surface area contributed by atoms with E-state index in [4.69, 9.17) is 16.6 Å². The Kier molecular flexibility index (Phi) is 4.63. The molecular formula is C19H16ClN5OS. The van der Waals surface area contributed by atoms with Crippen LogP contribution in [0.15, 0.2) is 48.9 Å². The molecule has 27 heavy (non-hydrogen) atoms. The highest BCUT2D eigenvalue weighted by Crippen LogP contribution is 2.34. The smallest absolute Gasteiger partial charge is 0.278 e. The monoisotopic (exact) mass is 397 g/mol. The molecule has 6 nitrogen and oxygen atoms in total. The van der Waals surface area contributed by atoms with Gasteiger partial charge in [0.15, 0.2) is 10.8 Å². The predicted octanol–water partition coefficient (Wildman–Crippen LogP) is 4.23. The topological polar surface area (TPSA) is 63.9 Å². The lowest BCUT2D eigenvalue weighted by Gasteiger charge is -2.18. The molecule has 4 rings (SSSR count). The maximum Gasteiger partial charge on any atom is 0.280 e. The quantitative estimate of drug-likeness (QED) is 0.516. The molecular weight excluding hydrogens is 382 g/mol. The maximum absolute atomic E-state index is 13.2. The number of benzene rings is 1. The number of hydrogen-bond acceptors (Lipinski definition) is 5. The van der Waals surface area contributed by atoms with Crippen LogP contribution in [0, 0.1) is 6.92 Å². The van der Waals surface area contributed by atoms with Crippen LogP contribution in [0.4, 0.5) is 5.13 Å². The maximum atomic E-state index is 13.2. The molecule has 4 aromatic rings. The number of anilines is 1. The van der Waals surface area contributed by atoms with Crippen LogP contribution in [0.1, 0.15) is 21.6 Å². The van der Waals surface area contributed by atoms with Crippen LogP contribution >= 0.6 is 22.9 Å². The van der Waals surface area contributed by atoms with E-state index in [2.05, 4.69) is 10.1 Å². The molecule has 8 heteroatoms. The number of amides is 1. The van der Waals surface area contributed by atoms with Crippen molar-refractivity contribution in [1.82, 2.24) is 19.7 Å². The van der Waals surface area contributed by atoms with Crippen LogP contribution in [0.2, 0.25) is 5.02 Å². The van der Waals surface area contributed by atoms with Crippen molar-refractivity contribution in [2.75, 3.05) is 4.90 Å². The summed E-state index contributed by atoms with van der Waals surface area (Å²) in [4.78, 5) is 23.6. The Morgan fingerprint density at radius 2 is 2.15 bits per heavy atom. The number of halogens is 1. The average molecular weight is 398 g/mol. The van der Waals surface area contributed by atoms with Gasteiger partial charge in [-0.2, -0.15) is 5.10 Å². The highest BCUT2D eigenvalue weighted by Gasteiger charge is 2.24. The van der Waals surface area contributed by atoms with Crippen molar-refractivity contribution in [3.05, 3.63) is 70.8 Å². The summed E-state index contributed by atoms with van der Waals surface area (Å²) < 4.78 is 2.59. The normalized spacial score (nSPS) is 11.1. The number of fused-ring (bicyclic) bond motifs is 1. The molecule has 0 spiro atoms. The first-order chi connectivity index (χ1) is 13.0. The van der Waals surface area contributed by atoms with Gasteiger partial charge in [-0.1, -0.05) is 29.0 Å². The average Bonchev–Trinajstić information content (AvgIpc) is 3.30. The van der Waals surface area contributed by atoms with Crippen LogP contribution < -0.4 is 4.90 Å². The number of rotatable bonds is 4. The number of aromatic nitrogens is 4. The number of carbonyl (C=O) groups is 1. The van der Waals surface area contributed by atoms with E-state index in [1.54, 1.807) is 41.3 Å². The standard InChI is InChI=1S/C19H16ClN5OS/c1-12-14(20)5-6-16-17(12)22-19(27-16)25(11-13-4-3-8-21-10-13)18(26)15-7-9-24(2)23-15/h3-10H,11H2,1-2H3. The number of aryl methyl sites for hydroxylation is 2. The van der Waals surface area contributed by atoms with Crippen LogP contribution in [-0.2, 0) is 13.6 Å². The van der Waals surface area contributed by atoms with Gasteiger partial charge in [-0.3, -0.25) is 19.4 Å². The van der Waals surface area contributed by atoms with E-state index in [9.17, 15) is 4.79 Å². The van der Waals surface area contributed by atoms with Gasteiger partial charge >= 0.3 is 0 Å². The van der Waals surface area contributed by atoms with Gasteiger partial charge in [0.1, 0.15) is 0 Å². The summed E-state index contributed by atoms with van der Waals surface area (Å²) in [5.41, 5.74) is 3.00. The van der Waals surface area contributed by atoms with Crippen molar-refractivity contribution in [3.63, 3.8) is 0 Å². The van der Waals surface area contributed by atoms with Crippen molar-refractivity contribution in [3.8, 4) is 0 Å². The number of pyridine rings is 1. The van der Waals surface area contributed by atoms with E-state index < -0.39 is 0 Å². The zero-order chi connectivity index (χ0) is 19.0. The molecule has 0 saturated carbocycles. The second-order valence-corrected chi connectivity index (χ2v) is 7.56. The first kappa shape index (κ1) is 17.6. The zero-order valence-corrected chi connectivity index (χ0v) is 16.3. The Morgan fingerprint density at radius 1 is 1.30 bits per heavy atom. The van der Waals surface area contributed by atoms with Crippen molar-refractivity contribution in [2.45, 2.75) is 13.5 Å². The Balaban J connectivity index is 1.79. The van der Waals surface area contributed by atoms with E-state index in [0.29, 0.717) is 22.4 Å². The second kappa shape index (κ2) is 7.09. The Labute approximate surface area is 165 Å². The van der Waals surface area contributed by atoms with Crippen LogP contribution in [0.3, 0.4) is 0 Å². The molecule has 1 aromatic carbocycles. The van der Waals surface area contributed by atoms with Crippen molar-refractivity contribution < 1.29 is 4.79 Å². The summed E-state index contributed by atoms with van der Waals surface area (Å²) in [7, 11) is 1.78. The van der Waals surface area contributed by atoms with Gasteiger partial charge in [-0.25, -0.2) is 4.98 Å². The highest BCUT2D eigenvalue weighted by atomic mass is 35.5. The molecule has 0 aliphatic carbocycles. The minimum atomic E-state index is -0.206. The van der Waals surface area contributed by atoms with E-state index in [1.807, 2.05) is 31.2 Å². The van der Waals surface area contributed by atoms with Gasteiger partial charge in [0.25, 0.3) is 5.91 Å². The molecule has 0 atom stereocenters. The van der Waals surface area contributed by atoms with Crippen molar-refractivity contribution >= 4 is 44.2 Å². The van der Waals surface area contributed by atoms with Crippen molar-refractivity contribution in [2.24, 2.45) is 7.05 Å². The van der Waals surface area contributed by atoms with E-state index in [-0.39, 0.29) is 5.91 Å². The Bertz CT molecular complexity index is 1120. The molecule has 1 amide bonds. The molecule has 3 aromatic heterocycles. The summed E-state index contributed by atoms with van der Waals surface area (Å²) in [6.07, 6.45) is 5.20. The molecule has 0 aliphatic heterocycles. The summed E-state index contributed by atoms with van der Waals surface area (Å²) in [6, 6.07) is 9.27. The number of hydrogen-bond donors (Lipinski definition) is 0. The Morgan fingerprint density at radius 3 is 2.85 bits per heavy atom. The SMILES string of the molecule is Cc1c(Cl)ccc2sc(N(Cc3cccnc3)C(=O)c3ccn(C)n3)nc12. The lowest BCUT2D eigenvalue weighted by atomic mass is 10.2. The van der Waals surface area contributed by atoms with Crippen LogP contribution in [0.5, 0.6) is 0 Å². The van der Waals surface area contributed by atoms with Gasteiger partial charge in [-0.05, 0) is 42.3 Å². The molecule has 0 fully saturated rings. The van der Waals surface area contributed by atoms with Crippen LogP contribution in [-0.4, -0.2) is 25.7 Å². The highest BCUT2D eigenvalue weighted by molar-refractivity contribution is 7.22. The molecule has 136 valence electrons. The lowest BCUT2D eigenvalue weighted by Crippen LogP contribution is -2.30. The summed E-state index contributed by atoms with van der Waals surface area (Å²) in [5.74, 6) is -0.206. The van der Waals surface area contributed by atoms with Gasteiger partial charge in [0, 0.05) is 30.7 Å². The third-order valence-corrected chi connectivity index (χ3v) is 5.66. The molecule has 0 radical (unpaired) electrons. The van der Waals surface area contributed by atoms with Gasteiger partial charge < -0.3 is 0 Å². The third-order valence-electron chi connectivity index (χ3n) is 4.21. The second-order valence-electron chi connectivity index (χ2n) is 6.14. The summed E-state index contributed by atoms with van der Waals surface area (Å²) in [5, 5.41) is 5.52. The fraction of sp³-hybridized carbons (Fsp3) is 0.158. The van der Waals surface area contributed by atoms with E-state index >= 15 is 0 Å². The van der Waals surface area contributed by atoms with Gasteiger partial charge in [0.05, 0.1) is 16.8 Å². The van der Waals surface area contributed by atoms with Gasteiger partial charge in [0.2, 0.25) is 0 Å². The van der Waals surface area contributed by atoms with Gasteiger partial charge in [-0.15, -0.1) is 0 Å². The molecule has 0 unspecified atom stereocenters. The zero-order valence-electron chi connectivity index (χ0n) is 14.8. The third kappa shape index (κ3) is 3.43.